The van der Waals surface area contributed by atoms with Crippen LogP contribution in [0.15, 0.2) is 60.8 Å². The first-order chi connectivity index (χ1) is 14.2. The molecule has 0 atom stereocenters. The number of ether oxygens (including phenoxy) is 1. The van der Waals surface area contributed by atoms with Gasteiger partial charge in [0.05, 0.1) is 16.3 Å². The molecule has 0 N–H and O–H groups in total. The van der Waals surface area contributed by atoms with Gasteiger partial charge in [0.2, 0.25) is 0 Å². The fraction of sp³-hybridized carbons (Fsp3) is 0.136. The third kappa shape index (κ3) is 3.85. The molecule has 0 saturated carbocycles. The van der Waals surface area contributed by atoms with E-state index >= 15 is 0 Å². The van der Waals surface area contributed by atoms with Crippen molar-refractivity contribution >= 4 is 22.5 Å². The molecule has 0 aliphatic carbocycles. The average Bonchev–Trinajstić information content (AvgIpc) is 3.14. The van der Waals surface area contributed by atoms with E-state index in [2.05, 4.69) is 5.10 Å². The molecule has 3 nitrogen and oxygen atoms in total. The molecule has 0 unspecified atom stereocenters. The fourth-order valence-electron chi connectivity index (χ4n) is 3.12. The first-order valence-electron chi connectivity index (χ1n) is 8.96. The molecule has 0 spiro atoms. The van der Waals surface area contributed by atoms with Crippen molar-refractivity contribution in [3.63, 3.8) is 0 Å². The largest absolute Gasteiger partial charge is 0.489 e. The van der Waals surface area contributed by atoms with Crippen LogP contribution >= 0.6 is 11.6 Å². The third-order valence-electron chi connectivity index (χ3n) is 4.69. The molecule has 0 bridgehead atoms. The molecule has 0 saturated heterocycles. The quantitative estimate of drug-likeness (QED) is 0.333. The first-order valence-corrected chi connectivity index (χ1v) is 9.34. The maximum absolute atomic E-state index is 14.1. The van der Waals surface area contributed by atoms with Crippen LogP contribution in [0.5, 0.6) is 5.75 Å². The van der Waals surface area contributed by atoms with Gasteiger partial charge in [-0.1, -0.05) is 35.9 Å². The highest BCUT2D eigenvalue weighted by Gasteiger charge is 2.33. The molecule has 4 aromatic rings. The maximum atomic E-state index is 14.1. The van der Waals surface area contributed by atoms with Crippen LogP contribution in [0.25, 0.3) is 16.6 Å². The van der Waals surface area contributed by atoms with Crippen LogP contribution in [0.2, 0.25) is 5.02 Å². The standard InChI is InChI=1S/C22H15ClF4N2O/c1-13-8-9-19(24)17(20(13)23)12-30-16-6-3-5-15(10-16)29-11-14-4-2-7-18(21(14)28-29)22(25,26)27/h2-11H,12H2,1H3. The monoisotopic (exact) mass is 434 g/mol. The molecule has 154 valence electrons. The number of halogens is 5. The smallest absolute Gasteiger partial charge is 0.418 e. The molecule has 0 radical (unpaired) electrons. The number of hydrogen-bond acceptors (Lipinski definition) is 2. The maximum Gasteiger partial charge on any atom is 0.418 e. The van der Waals surface area contributed by atoms with Crippen LogP contribution in [-0.2, 0) is 12.8 Å². The molecule has 1 heterocycles. The van der Waals surface area contributed by atoms with Gasteiger partial charge in [-0.05, 0) is 36.8 Å². The summed E-state index contributed by atoms with van der Waals surface area (Å²) in [5.41, 5.74) is 0.545. The molecule has 30 heavy (non-hydrogen) atoms. The van der Waals surface area contributed by atoms with Gasteiger partial charge in [-0.25, -0.2) is 9.07 Å². The van der Waals surface area contributed by atoms with Crippen LogP contribution in [0.4, 0.5) is 17.6 Å². The molecule has 3 aromatic carbocycles. The zero-order chi connectivity index (χ0) is 21.5. The van der Waals surface area contributed by atoms with E-state index in [0.29, 0.717) is 21.8 Å². The Balaban J connectivity index is 1.64. The van der Waals surface area contributed by atoms with Gasteiger partial charge in [-0.2, -0.15) is 18.3 Å². The Kier molecular flexibility index (Phi) is 5.15. The van der Waals surface area contributed by atoms with Crippen LogP contribution in [-0.4, -0.2) is 9.78 Å². The van der Waals surface area contributed by atoms with Crippen LogP contribution in [0.1, 0.15) is 16.7 Å². The molecule has 0 amide bonds. The van der Waals surface area contributed by atoms with Gasteiger partial charge in [0.1, 0.15) is 23.7 Å². The first kappa shape index (κ1) is 20.2. The summed E-state index contributed by atoms with van der Waals surface area (Å²) in [6.45, 7) is 1.68. The van der Waals surface area contributed by atoms with Crippen molar-refractivity contribution in [2.75, 3.05) is 0 Å². The van der Waals surface area contributed by atoms with Crippen LogP contribution < -0.4 is 4.74 Å². The molecule has 8 heteroatoms. The Bertz CT molecular complexity index is 1230. The van der Waals surface area contributed by atoms with Crippen molar-refractivity contribution in [1.82, 2.24) is 9.78 Å². The highest BCUT2D eigenvalue weighted by atomic mass is 35.5. The van der Waals surface area contributed by atoms with Gasteiger partial charge >= 0.3 is 6.18 Å². The summed E-state index contributed by atoms with van der Waals surface area (Å²) in [5.74, 6) is -0.0696. The van der Waals surface area contributed by atoms with Gasteiger partial charge in [-0.15, -0.1) is 0 Å². The lowest BCUT2D eigenvalue weighted by Crippen LogP contribution is -2.06. The topological polar surface area (TPSA) is 27.1 Å². The summed E-state index contributed by atoms with van der Waals surface area (Å²) in [6.07, 6.45) is -2.98. The Hall–Kier alpha value is -3.06. The van der Waals surface area contributed by atoms with E-state index in [9.17, 15) is 17.6 Å². The summed E-state index contributed by atoms with van der Waals surface area (Å²) in [7, 11) is 0. The van der Waals surface area contributed by atoms with E-state index in [4.69, 9.17) is 16.3 Å². The fourth-order valence-corrected chi connectivity index (χ4v) is 3.33. The Morgan fingerprint density at radius 1 is 1.07 bits per heavy atom. The number of benzene rings is 3. The lowest BCUT2D eigenvalue weighted by Gasteiger charge is -2.11. The number of aryl methyl sites for hydroxylation is 1. The van der Waals surface area contributed by atoms with Crippen LogP contribution in [0.3, 0.4) is 0 Å². The highest BCUT2D eigenvalue weighted by molar-refractivity contribution is 6.32. The SMILES string of the molecule is Cc1ccc(F)c(COc2cccc(-n3cc4cccc(C(F)(F)F)c4n3)c2)c1Cl. The third-order valence-corrected chi connectivity index (χ3v) is 5.21. The summed E-state index contributed by atoms with van der Waals surface area (Å²) < 4.78 is 60.8. The van der Waals surface area contributed by atoms with Crippen molar-refractivity contribution in [3.05, 3.63) is 88.3 Å². The van der Waals surface area contributed by atoms with Crippen LogP contribution in [0, 0.1) is 12.7 Å². The van der Waals surface area contributed by atoms with Crippen molar-refractivity contribution in [1.29, 1.82) is 0 Å². The summed E-state index contributed by atoms with van der Waals surface area (Å²) >= 11 is 6.16. The summed E-state index contributed by atoms with van der Waals surface area (Å²) in [4.78, 5) is 0. The molecular formula is C22H15ClF4N2O. The number of hydrogen-bond donors (Lipinski definition) is 0. The predicted molar refractivity (Wildman–Crippen MR) is 107 cm³/mol. The van der Waals surface area contributed by atoms with Gasteiger partial charge in [0, 0.05) is 23.2 Å². The Morgan fingerprint density at radius 2 is 1.83 bits per heavy atom. The highest BCUT2D eigenvalue weighted by Crippen LogP contribution is 2.34. The van der Waals surface area contributed by atoms with E-state index in [1.807, 2.05) is 0 Å². The summed E-state index contributed by atoms with van der Waals surface area (Å²) in [6, 6.07) is 13.5. The second-order valence-corrected chi connectivity index (χ2v) is 7.14. The van der Waals surface area contributed by atoms with Gasteiger partial charge < -0.3 is 4.74 Å². The number of alkyl halides is 3. The Morgan fingerprint density at radius 3 is 2.60 bits per heavy atom. The van der Waals surface area contributed by atoms with Gasteiger partial charge in [0.15, 0.2) is 0 Å². The predicted octanol–water partition coefficient (Wildman–Crippen LogP) is 6.72. The van der Waals surface area contributed by atoms with E-state index in [1.165, 1.54) is 23.0 Å². The molecule has 0 aliphatic heterocycles. The number of nitrogens with zero attached hydrogens (tertiary/aromatic N) is 2. The molecule has 4 rings (SSSR count). The lowest BCUT2D eigenvalue weighted by atomic mass is 10.1. The second-order valence-electron chi connectivity index (χ2n) is 6.76. The minimum atomic E-state index is -4.50. The molecular weight excluding hydrogens is 420 g/mol. The van der Waals surface area contributed by atoms with Gasteiger partial charge in [-0.3, -0.25) is 0 Å². The normalized spacial score (nSPS) is 11.8. The number of aromatic nitrogens is 2. The summed E-state index contributed by atoms with van der Waals surface area (Å²) in [5, 5.41) is 4.77. The minimum absolute atomic E-state index is 0.0882. The lowest BCUT2D eigenvalue weighted by molar-refractivity contribution is -0.136. The molecule has 1 aromatic heterocycles. The van der Waals surface area contributed by atoms with Crippen molar-refractivity contribution < 1.29 is 22.3 Å². The number of fused-ring (bicyclic) bond motifs is 1. The zero-order valence-corrected chi connectivity index (χ0v) is 16.4. The Labute approximate surface area is 174 Å². The number of rotatable bonds is 4. The molecule has 0 aliphatic rings. The van der Waals surface area contributed by atoms with E-state index in [1.54, 1.807) is 43.3 Å². The van der Waals surface area contributed by atoms with Crippen molar-refractivity contribution in [2.45, 2.75) is 19.7 Å². The van der Waals surface area contributed by atoms with E-state index in [0.717, 1.165) is 11.6 Å². The van der Waals surface area contributed by atoms with Gasteiger partial charge in [0.25, 0.3) is 0 Å². The minimum Gasteiger partial charge on any atom is -0.489 e. The van der Waals surface area contributed by atoms with E-state index in [-0.39, 0.29) is 17.7 Å². The zero-order valence-electron chi connectivity index (χ0n) is 15.7. The second kappa shape index (κ2) is 7.65. The van der Waals surface area contributed by atoms with Crippen molar-refractivity contribution in [3.8, 4) is 11.4 Å². The van der Waals surface area contributed by atoms with Crippen molar-refractivity contribution in [2.24, 2.45) is 0 Å². The average molecular weight is 435 g/mol. The molecule has 0 fully saturated rings. The van der Waals surface area contributed by atoms with E-state index < -0.39 is 17.6 Å².